The van der Waals surface area contributed by atoms with E-state index in [0.717, 1.165) is 24.2 Å². The summed E-state index contributed by atoms with van der Waals surface area (Å²) in [5.74, 6) is 2.55. The van der Waals surface area contributed by atoms with E-state index in [0.29, 0.717) is 12.6 Å². The second kappa shape index (κ2) is 8.20. The lowest BCUT2D eigenvalue weighted by Gasteiger charge is -2.24. The summed E-state index contributed by atoms with van der Waals surface area (Å²) in [6, 6.07) is 9.01. The first-order valence-corrected chi connectivity index (χ1v) is 8.40. The third kappa shape index (κ3) is 5.13. The van der Waals surface area contributed by atoms with Crippen molar-refractivity contribution in [2.45, 2.75) is 32.4 Å². The number of likely N-dealkylation sites (N-methyl/N-ethyl adjacent to an activating group) is 1. The molecule has 3 unspecified atom stereocenters. The number of hydrogen-bond acceptors (Lipinski definition) is 3. The highest BCUT2D eigenvalue weighted by Crippen LogP contribution is 2.29. The molecule has 5 nitrogen and oxygen atoms in total. The Labute approximate surface area is 140 Å². The Bertz CT molecular complexity index is 530. The molecule has 3 atom stereocenters. The summed E-state index contributed by atoms with van der Waals surface area (Å²) in [4.78, 5) is 6.99. The zero-order valence-corrected chi connectivity index (χ0v) is 15.0. The first-order chi connectivity index (χ1) is 11.0. The Hall–Kier alpha value is -1.75. The molecule has 0 heterocycles. The third-order valence-corrected chi connectivity index (χ3v) is 4.30. The maximum Gasteiger partial charge on any atom is 0.191 e. The molecule has 0 radical (unpaired) electrons. The van der Waals surface area contributed by atoms with Crippen LogP contribution < -0.4 is 15.4 Å². The van der Waals surface area contributed by atoms with E-state index in [9.17, 15) is 0 Å². The molecule has 0 spiro atoms. The van der Waals surface area contributed by atoms with Crippen molar-refractivity contribution in [3.63, 3.8) is 0 Å². The van der Waals surface area contributed by atoms with Crippen molar-refractivity contribution in [1.29, 1.82) is 0 Å². The monoisotopic (exact) mass is 318 g/mol. The van der Waals surface area contributed by atoms with Crippen molar-refractivity contribution >= 4 is 5.96 Å². The molecule has 128 valence electrons. The molecule has 0 aliphatic heterocycles. The summed E-state index contributed by atoms with van der Waals surface area (Å²) < 4.78 is 5.34. The highest BCUT2D eigenvalue weighted by atomic mass is 16.5. The summed E-state index contributed by atoms with van der Waals surface area (Å²) in [5, 5.41) is 6.84. The van der Waals surface area contributed by atoms with E-state index in [4.69, 9.17) is 9.73 Å². The predicted molar refractivity (Wildman–Crippen MR) is 96.1 cm³/mol. The molecular weight excluding hydrogens is 288 g/mol. The first-order valence-electron chi connectivity index (χ1n) is 8.40. The van der Waals surface area contributed by atoms with Gasteiger partial charge >= 0.3 is 0 Å². The van der Waals surface area contributed by atoms with Crippen LogP contribution in [-0.2, 0) is 0 Å². The van der Waals surface area contributed by atoms with Crippen molar-refractivity contribution in [1.82, 2.24) is 15.5 Å². The molecular formula is C18H30N4O. The van der Waals surface area contributed by atoms with Crippen molar-refractivity contribution in [2.75, 3.05) is 34.3 Å². The number of aliphatic imine (C=N–C) groups is 1. The van der Waals surface area contributed by atoms with E-state index in [-0.39, 0.29) is 6.04 Å². The average molecular weight is 318 g/mol. The maximum absolute atomic E-state index is 5.34. The number of nitrogens with zero attached hydrogens (tertiary/aromatic N) is 2. The highest BCUT2D eigenvalue weighted by Gasteiger charge is 2.33. The summed E-state index contributed by atoms with van der Waals surface area (Å²) in [7, 11) is 5.87. The molecule has 1 fully saturated rings. The van der Waals surface area contributed by atoms with Crippen LogP contribution >= 0.6 is 0 Å². The Morgan fingerprint density at radius 1 is 1.43 bits per heavy atom. The SMILES string of the molecule is CCNC(=NCC(c1cccc(OC)c1)N(C)C)NC1CC1C. The fourth-order valence-corrected chi connectivity index (χ4v) is 2.61. The van der Waals surface area contributed by atoms with Crippen molar-refractivity contribution < 1.29 is 4.74 Å². The number of guanidine groups is 1. The van der Waals surface area contributed by atoms with Gasteiger partial charge in [-0.1, -0.05) is 19.1 Å². The van der Waals surface area contributed by atoms with Crippen LogP contribution in [0.4, 0.5) is 0 Å². The number of nitrogens with one attached hydrogen (secondary N) is 2. The molecule has 0 saturated heterocycles. The molecule has 2 rings (SSSR count). The van der Waals surface area contributed by atoms with Gasteiger partial charge in [0.2, 0.25) is 0 Å². The predicted octanol–water partition coefficient (Wildman–Crippen LogP) is 2.26. The van der Waals surface area contributed by atoms with E-state index in [1.54, 1.807) is 7.11 Å². The van der Waals surface area contributed by atoms with Crippen LogP contribution in [0.15, 0.2) is 29.3 Å². The van der Waals surface area contributed by atoms with E-state index in [1.807, 2.05) is 12.1 Å². The van der Waals surface area contributed by atoms with Crippen molar-refractivity contribution in [3.8, 4) is 5.75 Å². The topological polar surface area (TPSA) is 48.9 Å². The lowest BCUT2D eigenvalue weighted by atomic mass is 10.1. The van der Waals surface area contributed by atoms with E-state index in [1.165, 1.54) is 12.0 Å². The maximum atomic E-state index is 5.34. The van der Waals surface area contributed by atoms with E-state index < -0.39 is 0 Å². The Kier molecular flexibility index (Phi) is 6.28. The van der Waals surface area contributed by atoms with Crippen LogP contribution in [0.3, 0.4) is 0 Å². The Morgan fingerprint density at radius 3 is 2.74 bits per heavy atom. The molecule has 0 aromatic heterocycles. The minimum Gasteiger partial charge on any atom is -0.497 e. The van der Waals surface area contributed by atoms with Gasteiger partial charge in [-0.05, 0) is 51.1 Å². The molecule has 23 heavy (non-hydrogen) atoms. The van der Waals surface area contributed by atoms with Gasteiger partial charge in [0.05, 0.1) is 19.7 Å². The summed E-state index contributed by atoms with van der Waals surface area (Å²) in [5.41, 5.74) is 1.22. The largest absolute Gasteiger partial charge is 0.497 e. The molecule has 1 aliphatic rings. The smallest absolute Gasteiger partial charge is 0.191 e. The van der Waals surface area contributed by atoms with E-state index >= 15 is 0 Å². The Balaban J connectivity index is 2.08. The third-order valence-electron chi connectivity index (χ3n) is 4.30. The summed E-state index contributed by atoms with van der Waals surface area (Å²) in [6.07, 6.45) is 1.23. The lowest BCUT2D eigenvalue weighted by molar-refractivity contribution is 0.305. The van der Waals surface area contributed by atoms with Crippen molar-refractivity contribution in [2.24, 2.45) is 10.9 Å². The molecule has 0 bridgehead atoms. The normalized spacial score (nSPS) is 21.9. The van der Waals surface area contributed by atoms with Crippen LogP contribution in [0.5, 0.6) is 5.75 Å². The Morgan fingerprint density at radius 2 is 2.17 bits per heavy atom. The molecule has 1 saturated carbocycles. The van der Waals surface area contributed by atoms with Crippen LogP contribution in [0.25, 0.3) is 0 Å². The van der Waals surface area contributed by atoms with Gasteiger partial charge in [0.15, 0.2) is 5.96 Å². The number of ether oxygens (including phenoxy) is 1. The first kappa shape index (κ1) is 17.6. The number of methoxy groups -OCH3 is 1. The highest BCUT2D eigenvalue weighted by molar-refractivity contribution is 5.80. The molecule has 1 aromatic rings. The van der Waals surface area contributed by atoms with Gasteiger partial charge in [-0.2, -0.15) is 0 Å². The van der Waals surface area contributed by atoms with Gasteiger partial charge in [-0.25, -0.2) is 0 Å². The van der Waals surface area contributed by atoms with Crippen LogP contribution in [0, 0.1) is 5.92 Å². The number of rotatable bonds is 7. The fourth-order valence-electron chi connectivity index (χ4n) is 2.61. The van der Waals surface area contributed by atoms with Gasteiger partial charge in [-0.15, -0.1) is 0 Å². The molecule has 0 amide bonds. The fraction of sp³-hybridized carbons (Fsp3) is 0.611. The van der Waals surface area contributed by atoms with Gasteiger partial charge in [-0.3, -0.25) is 4.99 Å². The average Bonchev–Trinajstić information content (AvgIpc) is 3.22. The van der Waals surface area contributed by atoms with E-state index in [2.05, 4.69) is 55.6 Å². The molecule has 5 heteroatoms. The lowest BCUT2D eigenvalue weighted by Crippen LogP contribution is -2.39. The van der Waals surface area contributed by atoms with Crippen LogP contribution in [0.2, 0.25) is 0 Å². The summed E-state index contributed by atoms with van der Waals surface area (Å²) in [6.45, 7) is 5.94. The minimum absolute atomic E-state index is 0.220. The van der Waals surface area contributed by atoms with Gasteiger partial charge in [0.25, 0.3) is 0 Å². The molecule has 1 aliphatic carbocycles. The summed E-state index contributed by atoms with van der Waals surface area (Å²) >= 11 is 0. The zero-order chi connectivity index (χ0) is 16.8. The van der Waals surface area contributed by atoms with Crippen LogP contribution in [-0.4, -0.2) is 51.2 Å². The number of benzene rings is 1. The zero-order valence-electron chi connectivity index (χ0n) is 15.0. The van der Waals surface area contributed by atoms with Gasteiger partial charge in [0, 0.05) is 12.6 Å². The standard InChI is InChI=1S/C18H30N4O/c1-6-19-18(21-16-10-13(16)2)20-12-17(22(3)4)14-8-7-9-15(11-14)23-5/h7-9,11,13,16-17H,6,10,12H2,1-5H3,(H2,19,20,21). The second-order valence-electron chi connectivity index (χ2n) is 6.44. The molecule has 1 aromatic carbocycles. The quantitative estimate of drug-likeness (QED) is 0.598. The van der Waals surface area contributed by atoms with Gasteiger partial charge < -0.3 is 20.3 Å². The van der Waals surface area contributed by atoms with Crippen molar-refractivity contribution in [3.05, 3.63) is 29.8 Å². The van der Waals surface area contributed by atoms with Crippen LogP contribution in [0.1, 0.15) is 31.9 Å². The molecule has 2 N–H and O–H groups in total. The van der Waals surface area contributed by atoms with Gasteiger partial charge in [0.1, 0.15) is 5.75 Å². The number of hydrogen-bond donors (Lipinski definition) is 2. The minimum atomic E-state index is 0.220. The second-order valence-corrected chi connectivity index (χ2v) is 6.44.